The SMILES string of the molecule is CCS(=O)(=O)c1ccc(CC(=O)Nc2sc3c(c2C(N)=O)CCC(C)C3)cc1. The quantitative estimate of drug-likeness (QED) is 0.749. The van der Waals surface area contributed by atoms with Crippen LogP contribution in [0.5, 0.6) is 0 Å². The molecule has 0 bridgehead atoms. The van der Waals surface area contributed by atoms with E-state index in [1.807, 2.05) is 0 Å². The summed E-state index contributed by atoms with van der Waals surface area (Å²) in [4.78, 5) is 25.8. The average molecular weight is 421 g/mol. The fourth-order valence-corrected chi connectivity index (χ4v) is 5.75. The molecule has 0 fully saturated rings. The lowest BCUT2D eigenvalue weighted by Crippen LogP contribution is -2.20. The highest BCUT2D eigenvalue weighted by Crippen LogP contribution is 2.39. The molecule has 28 heavy (non-hydrogen) atoms. The molecule has 1 aliphatic rings. The molecule has 2 amide bonds. The lowest BCUT2D eigenvalue weighted by Gasteiger charge is -2.18. The third-order valence-electron chi connectivity index (χ3n) is 5.04. The molecule has 1 aromatic heterocycles. The van der Waals surface area contributed by atoms with E-state index in [1.165, 1.54) is 23.5 Å². The Labute approximate surface area is 169 Å². The second-order valence-electron chi connectivity index (χ2n) is 7.19. The summed E-state index contributed by atoms with van der Waals surface area (Å²) in [6.45, 7) is 3.77. The van der Waals surface area contributed by atoms with Gasteiger partial charge in [-0.15, -0.1) is 11.3 Å². The lowest BCUT2D eigenvalue weighted by atomic mass is 9.88. The summed E-state index contributed by atoms with van der Waals surface area (Å²) in [5.41, 5.74) is 7.68. The van der Waals surface area contributed by atoms with Crippen molar-refractivity contribution in [2.24, 2.45) is 11.7 Å². The van der Waals surface area contributed by atoms with Crippen molar-refractivity contribution in [3.63, 3.8) is 0 Å². The Balaban J connectivity index is 1.76. The lowest BCUT2D eigenvalue weighted by molar-refractivity contribution is -0.115. The first-order valence-corrected chi connectivity index (χ1v) is 11.7. The maximum atomic E-state index is 12.5. The Hall–Kier alpha value is -2.19. The number of rotatable bonds is 6. The van der Waals surface area contributed by atoms with Gasteiger partial charge in [0.15, 0.2) is 9.84 Å². The third-order valence-corrected chi connectivity index (χ3v) is 7.96. The maximum absolute atomic E-state index is 12.5. The molecule has 1 unspecified atom stereocenters. The van der Waals surface area contributed by atoms with E-state index in [1.54, 1.807) is 19.1 Å². The number of nitrogens with one attached hydrogen (secondary N) is 1. The number of hydrogen-bond acceptors (Lipinski definition) is 5. The normalized spacial score (nSPS) is 16.4. The van der Waals surface area contributed by atoms with Crippen LogP contribution in [-0.2, 0) is 33.9 Å². The molecule has 3 rings (SSSR count). The average Bonchev–Trinajstić information content (AvgIpc) is 2.98. The highest BCUT2D eigenvalue weighted by Gasteiger charge is 2.27. The molecular formula is C20H24N2O4S2. The zero-order valence-corrected chi connectivity index (χ0v) is 17.6. The molecule has 0 spiro atoms. The first kappa shape index (κ1) is 20.5. The smallest absolute Gasteiger partial charge is 0.251 e. The minimum atomic E-state index is -3.26. The van der Waals surface area contributed by atoms with Gasteiger partial charge < -0.3 is 11.1 Å². The van der Waals surface area contributed by atoms with Crippen molar-refractivity contribution in [2.75, 3.05) is 11.1 Å². The molecule has 150 valence electrons. The van der Waals surface area contributed by atoms with E-state index in [-0.39, 0.29) is 23.0 Å². The molecule has 2 aromatic rings. The number of amides is 2. The molecule has 1 atom stereocenters. The Morgan fingerprint density at radius 3 is 2.54 bits per heavy atom. The van der Waals surface area contributed by atoms with Crippen LogP contribution in [0.3, 0.4) is 0 Å². The van der Waals surface area contributed by atoms with Gasteiger partial charge in [0.25, 0.3) is 5.91 Å². The summed E-state index contributed by atoms with van der Waals surface area (Å²) in [7, 11) is -3.26. The molecule has 0 saturated heterocycles. The topological polar surface area (TPSA) is 106 Å². The number of carbonyl (C=O) groups excluding carboxylic acids is 2. The fraction of sp³-hybridized carbons (Fsp3) is 0.400. The number of anilines is 1. The van der Waals surface area contributed by atoms with Gasteiger partial charge in [-0.3, -0.25) is 9.59 Å². The van der Waals surface area contributed by atoms with E-state index < -0.39 is 15.7 Å². The van der Waals surface area contributed by atoms with Crippen LogP contribution in [0.25, 0.3) is 0 Å². The number of thiophene rings is 1. The first-order valence-electron chi connectivity index (χ1n) is 9.27. The zero-order valence-electron chi connectivity index (χ0n) is 15.9. The van der Waals surface area contributed by atoms with Crippen LogP contribution in [0.2, 0.25) is 0 Å². The third kappa shape index (κ3) is 4.28. The fourth-order valence-electron chi connectivity index (χ4n) is 3.44. The molecule has 1 aliphatic carbocycles. The minimum Gasteiger partial charge on any atom is -0.365 e. The van der Waals surface area contributed by atoms with Crippen LogP contribution >= 0.6 is 11.3 Å². The standard InChI is InChI=1S/C20H24N2O4S2/c1-3-28(25,26)14-7-5-13(6-8-14)11-17(23)22-20-18(19(21)24)15-9-4-12(2)10-16(15)27-20/h5-8,12H,3-4,9-11H2,1-2H3,(H2,21,24)(H,22,23). The highest BCUT2D eigenvalue weighted by atomic mass is 32.2. The predicted molar refractivity (Wildman–Crippen MR) is 111 cm³/mol. The Morgan fingerprint density at radius 2 is 1.93 bits per heavy atom. The van der Waals surface area contributed by atoms with Gasteiger partial charge in [0.2, 0.25) is 5.91 Å². The Kier molecular flexibility index (Phi) is 5.90. The van der Waals surface area contributed by atoms with Crippen molar-refractivity contribution in [2.45, 2.75) is 44.4 Å². The van der Waals surface area contributed by atoms with Crippen molar-refractivity contribution in [1.82, 2.24) is 0 Å². The minimum absolute atomic E-state index is 0.0321. The molecule has 3 N–H and O–H groups in total. The zero-order chi connectivity index (χ0) is 20.5. The van der Waals surface area contributed by atoms with Crippen LogP contribution in [-0.4, -0.2) is 26.0 Å². The van der Waals surface area contributed by atoms with Gasteiger partial charge in [0, 0.05) is 4.88 Å². The summed E-state index contributed by atoms with van der Waals surface area (Å²) in [5.74, 6) is -0.199. The number of nitrogens with two attached hydrogens (primary N) is 1. The van der Waals surface area contributed by atoms with Crippen molar-refractivity contribution in [1.29, 1.82) is 0 Å². The summed E-state index contributed by atoms with van der Waals surface area (Å²) in [6.07, 6.45) is 2.78. The molecule has 6 nitrogen and oxygen atoms in total. The van der Waals surface area contributed by atoms with Gasteiger partial charge in [0.05, 0.1) is 22.6 Å². The molecule has 1 heterocycles. The molecular weight excluding hydrogens is 396 g/mol. The summed E-state index contributed by atoms with van der Waals surface area (Å²) < 4.78 is 23.7. The molecule has 8 heteroatoms. The van der Waals surface area contributed by atoms with Crippen LogP contribution in [0.4, 0.5) is 5.00 Å². The van der Waals surface area contributed by atoms with Crippen LogP contribution in [0.15, 0.2) is 29.2 Å². The second-order valence-corrected chi connectivity index (χ2v) is 10.6. The largest absolute Gasteiger partial charge is 0.365 e. The number of primary amides is 1. The van der Waals surface area contributed by atoms with E-state index in [0.717, 1.165) is 29.7 Å². The summed E-state index contributed by atoms with van der Waals surface area (Å²) >= 11 is 1.43. The van der Waals surface area contributed by atoms with Crippen molar-refractivity contribution < 1.29 is 18.0 Å². The molecule has 1 aromatic carbocycles. The van der Waals surface area contributed by atoms with Gasteiger partial charge in [-0.05, 0) is 48.4 Å². The molecule has 0 aliphatic heterocycles. The van der Waals surface area contributed by atoms with Crippen molar-refractivity contribution in [3.05, 3.63) is 45.8 Å². The van der Waals surface area contributed by atoms with E-state index in [9.17, 15) is 18.0 Å². The van der Waals surface area contributed by atoms with E-state index >= 15 is 0 Å². The van der Waals surface area contributed by atoms with E-state index in [2.05, 4.69) is 12.2 Å². The van der Waals surface area contributed by atoms with Crippen molar-refractivity contribution in [3.8, 4) is 0 Å². The number of carbonyl (C=O) groups is 2. The Morgan fingerprint density at radius 1 is 1.25 bits per heavy atom. The van der Waals surface area contributed by atoms with Gasteiger partial charge in [-0.1, -0.05) is 26.0 Å². The predicted octanol–water partition coefficient (Wildman–Crippen LogP) is 2.95. The van der Waals surface area contributed by atoms with Crippen LogP contribution in [0.1, 0.15) is 46.6 Å². The van der Waals surface area contributed by atoms with E-state index in [4.69, 9.17) is 5.73 Å². The van der Waals surface area contributed by atoms with Crippen LogP contribution < -0.4 is 11.1 Å². The maximum Gasteiger partial charge on any atom is 0.251 e. The summed E-state index contributed by atoms with van der Waals surface area (Å²) in [6, 6.07) is 6.31. The van der Waals surface area contributed by atoms with E-state index in [0.29, 0.717) is 22.0 Å². The Bertz CT molecular complexity index is 1010. The monoisotopic (exact) mass is 420 g/mol. The van der Waals surface area contributed by atoms with Gasteiger partial charge in [-0.25, -0.2) is 8.42 Å². The summed E-state index contributed by atoms with van der Waals surface area (Å²) in [5, 5.41) is 3.34. The van der Waals surface area contributed by atoms with Gasteiger partial charge in [0.1, 0.15) is 5.00 Å². The highest BCUT2D eigenvalue weighted by molar-refractivity contribution is 7.91. The van der Waals surface area contributed by atoms with Crippen LogP contribution in [0, 0.1) is 5.92 Å². The number of fused-ring (bicyclic) bond motifs is 1. The molecule has 0 radical (unpaired) electrons. The number of sulfone groups is 1. The first-order chi connectivity index (χ1) is 13.2. The van der Waals surface area contributed by atoms with Crippen molar-refractivity contribution >= 4 is 38.0 Å². The van der Waals surface area contributed by atoms with Gasteiger partial charge in [-0.2, -0.15) is 0 Å². The number of benzene rings is 1. The number of hydrogen-bond donors (Lipinski definition) is 2. The second kappa shape index (κ2) is 8.05. The molecule has 0 saturated carbocycles. The van der Waals surface area contributed by atoms with Gasteiger partial charge >= 0.3 is 0 Å².